The number of carbonyl (C=O) groups is 2. The molecule has 4 nitrogen and oxygen atoms in total. The maximum Gasteiger partial charge on any atom is 0.239 e. The van der Waals surface area contributed by atoms with E-state index in [2.05, 4.69) is 10.6 Å². The van der Waals surface area contributed by atoms with Crippen LogP contribution in [-0.4, -0.2) is 24.8 Å². The van der Waals surface area contributed by atoms with Gasteiger partial charge in [-0.3, -0.25) is 9.59 Å². The maximum atomic E-state index is 11.8. The molecule has 0 fully saturated rings. The number of hydrogen-bond acceptors (Lipinski definition) is 3. The van der Waals surface area contributed by atoms with Crippen molar-refractivity contribution < 1.29 is 9.59 Å². The van der Waals surface area contributed by atoms with Crippen molar-refractivity contribution in [1.29, 1.82) is 0 Å². The lowest BCUT2D eigenvalue weighted by atomic mass is 10.1. The van der Waals surface area contributed by atoms with Gasteiger partial charge < -0.3 is 10.6 Å². The predicted octanol–water partition coefficient (Wildman–Crippen LogP) is 2.66. The van der Waals surface area contributed by atoms with E-state index >= 15 is 0 Å². The van der Waals surface area contributed by atoms with E-state index in [-0.39, 0.29) is 18.2 Å². The second-order valence-electron chi connectivity index (χ2n) is 5.04. The molecule has 114 valence electrons. The van der Waals surface area contributed by atoms with E-state index in [9.17, 15) is 9.59 Å². The Balaban J connectivity index is 1.77. The Morgan fingerprint density at radius 1 is 0.955 bits per heavy atom. The van der Waals surface area contributed by atoms with Crippen LogP contribution in [0.5, 0.6) is 0 Å². The van der Waals surface area contributed by atoms with Gasteiger partial charge in [0.1, 0.15) is 0 Å². The average molecular weight is 296 g/mol. The standard InChI is InChI=1S/C18H20N2O2/c1-14(21)16-9-5-6-10-17(16)20-13-18(22)19-12-11-15-7-3-2-4-8-15/h2-10,20H,11-13H2,1H3,(H,19,22). The molecule has 0 bridgehead atoms. The molecule has 0 radical (unpaired) electrons. The molecule has 0 unspecified atom stereocenters. The van der Waals surface area contributed by atoms with E-state index in [0.717, 1.165) is 6.42 Å². The molecule has 0 aromatic heterocycles. The van der Waals surface area contributed by atoms with E-state index in [1.807, 2.05) is 42.5 Å². The fourth-order valence-corrected chi connectivity index (χ4v) is 2.17. The highest BCUT2D eigenvalue weighted by molar-refractivity contribution is 6.00. The van der Waals surface area contributed by atoms with Gasteiger partial charge in [0.25, 0.3) is 0 Å². The molecule has 0 heterocycles. The number of Topliss-reactive ketones (excluding diaryl/α,β-unsaturated/α-hetero) is 1. The third-order valence-electron chi connectivity index (χ3n) is 3.32. The summed E-state index contributed by atoms with van der Waals surface area (Å²) in [6.07, 6.45) is 0.802. The highest BCUT2D eigenvalue weighted by Gasteiger charge is 2.07. The molecule has 2 N–H and O–H groups in total. The molecule has 0 atom stereocenters. The number of amides is 1. The van der Waals surface area contributed by atoms with Crippen LogP contribution in [0.2, 0.25) is 0 Å². The first-order valence-corrected chi connectivity index (χ1v) is 7.31. The molecule has 0 saturated carbocycles. The van der Waals surface area contributed by atoms with Crippen molar-refractivity contribution in [3.63, 3.8) is 0 Å². The van der Waals surface area contributed by atoms with E-state index in [1.165, 1.54) is 12.5 Å². The molecular formula is C18H20N2O2. The summed E-state index contributed by atoms with van der Waals surface area (Å²) >= 11 is 0. The van der Waals surface area contributed by atoms with Crippen LogP contribution in [0, 0.1) is 0 Å². The first kappa shape index (κ1) is 15.8. The van der Waals surface area contributed by atoms with Crippen LogP contribution in [0.25, 0.3) is 0 Å². The molecule has 2 rings (SSSR count). The summed E-state index contributed by atoms with van der Waals surface area (Å²) in [4.78, 5) is 23.3. The number of hydrogen-bond donors (Lipinski definition) is 2. The van der Waals surface area contributed by atoms with Gasteiger partial charge in [-0.1, -0.05) is 42.5 Å². The molecule has 4 heteroatoms. The average Bonchev–Trinajstić information content (AvgIpc) is 2.54. The highest BCUT2D eigenvalue weighted by Crippen LogP contribution is 2.14. The Bertz CT molecular complexity index is 639. The largest absolute Gasteiger partial charge is 0.376 e. The Hall–Kier alpha value is -2.62. The highest BCUT2D eigenvalue weighted by atomic mass is 16.2. The van der Waals surface area contributed by atoms with Crippen LogP contribution in [0.4, 0.5) is 5.69 Å². The third kappa shape index (κ3) is 4.74. The molecule has 0 aliphatic carbocycles. The molecule has 22 heavy (non-hydrogen) atoms. The van der Waals surface area contributed by atoms with Crippen LogP contribution < -0.4 is 10.6 Å². The van der Waals surface area contributed by atoms with E-state index in [0.29, 0.717) is 17.8 Å². The number of anilines is 1. The van der Waals surface area contributed by atoms with Crippen molar-refractivity contribution in [2.75, 3.05) is 18.4 Å². The summed E-state index contributed by atoms with van der Waals surface area (Å²) in [7, 11) is 0. The monoisotopic (exact) mass is 296 g/mol. The lowest BCUT2D eigenvalue weighted by molar-refractivity contribution is -0.119. The molecule has 0 saturated heterocycles. The number of carbonyl (C=O) groups excluding carboxylic acids is 2. The normalized spacial score (nSPS) is 10.0. The van der Waals surface area contributed by atoms with Gasteiger partial charge in [-0.2, -0.15) is 0 Å². The molecular weight excluding hydrogens is 276 g/mol. The summed E-state index contributed by atoms with van der Waals surface area (Å²) in [5.74, 6) is -0.109. The Kier molecular flexibility index (Phi) is 5.72. The van der Waals surface area contributed by atoms with E-state index in [4.69, 9.17) is 0 Å². The molecule has 1 amide bonds. The Morgan fingerprint density at radius 3 is 2.36 bits per heavy atom. The molecule has 0 aliphatic heterocycles. The zero-order valence-corrected chi connectivity index (χ0v) is 12.6. The minimum atomic E-state index is -0.0886. The van der Waals surface area contributed by atoms with Crippen molar-refractivity contribution in [2.24, 2.45) is 0 Å². The van der Waals surface area contributed by atoms with Crippen molar-refractivity contribution in [1.82, 2.24) is 5.32 Å². The van der Waals surface area contributed by atoms with Gasteiger partial charge >= 0.3 is 0 Å². The summed E-state index contributed by atoms with van der Waals surface area (Å²) in [5, 5.41) is 5.87. The second kappa shape index (κ2) is 7.98. The maximum absolute atomic E-state index is 11.8. The molecule has 2 aromatic rings. The number of rotatable bonds is 7. The lowest BCUT2D eigenvalue weighted by Gasteiger charge is -2.10. The van der Waals surface area contributed by atoms with Crippen LogP contribution in [-0.2, 0) is 11.2 Å². The van der Waals surface area contributed by atoms with Gasteiger partial charge in [0.05, 0.1) is 6.54 Å². The van der Waals surface area contributed by atoms with Crippen LogP contribution >= 0.6 is 0 Å². The van der Waals surface area contributed by atoms with Gasteiger partial charge in [0.2, 0.25) is 5.91 Å². The number of benzene rings is 2. The Morgan fingerprint density at radius 2 is 1.64 bits per heavy atom. The molecule has 0 spiro atoms. The van der Waals surface area contributed by atoms with Crippen molar-refractivity contribution >= 4 is 17.4 Å². The quantitative estimate of drug-likeness (QED) is 0.772. The summed E-state index contributed by atoms with van der Waals surface area (Å²) in [6, 6.07) is 17.2. The first-order chi connectivity index (χ1) is 10.7. The van der Waals surface area contributed by atoms with Crippen molar-refractivity contribution in [2.45, 2.75) is 13.3 Å². The lowest BCUT2D eigenvalue weighted by Crippen LogP contribution is -2.31. The van der Waals surface area contributed by atoms with Crippen molar-refractivity contribution in [3.05, 3.63) is 65.7 Å². The summed E-state index contributed by atoms with van der Waals surface area (Å²) in [6.45, 7) is 2.26. The van der Waals surface area contributed by atoms with Gasteiger partial charge in [-0.15, -0.1) is 0 Å². The fourth-order valence-electron chi connectivity index (χ4n) is 2.17. The number of para-hydroxylation sites is 1. The number of nitrogens with one attached hydrogen (secondary N) is 2. The summed E-state index contributed by atoms with van der Waals surface area (Å²) in [5.41, 5.74) is 2.48. The van der Waals surface area contributed by atoms with Crippen molar-refractivity contribution in [3.8, 4) is 0 Å². The fraction of sp³-hybridized carbons (Fsp3) is 0.222. The van der Waals surface area contributed by atoms with Crippen LogP contribution in [0.1, 0.15) is 22.8 Å². The van der Waals surface area contributed by atoms with Crippen LogP contribution in [0.3, 0.4) is 0 Å². The van der Waals surface area contributed by atoms with E-state index < -0.39 is 0 Å². The minimum absolute atomic E-state index is 0.0208. The SMILES string of the molecule is CC(=O)c1ccccc1NCC(=O)NCCc1ccccc1. The topological polar surface area (TPSA) is 58.2 Å². The van der Waals surface area contributed by atoms with Gasteiger partial charge in [-0.05, 0) is 31.0 Å². The zero-order valence-electron chi connectivity index (χ0n) is 12.6. The molecule has 0 aliphatic rings. The number of ketones is 1. The second-order valence-corrected chi connectivity index (χ2v) is 5.04. The van der Waals surface area contributed by atoms with E-state index in [1.54, 1.807) is 12.1 Å². The van der Waals surface area contributed by atoms with Gasteiger partial charge in [-0.25, -0.2) is 0 Å². The predicted molar refractivity (Wildman–Crippen MR) is 88.1 cm³/mol. The Labute approximate surface area is 130 Å². The zero-order chi connectivity index (χ0) is 15.8. The molecule has 2 aromatic carbocycles. The van der Waals surface area contributed by atoms with Gasteiger partial charge in [0, 0.05) is 17.8 Å². The third-order valence-corrected chi connectivity index (χ3v) is 3.32. The summed E-state index contributed by atoms with van der Waals surface area (Å²) < 4.78 is 0. The van der Waals surface area contributed by atoms with Gasteiger partial charge in [0.15, 0.2) is 5.78 Å². The van der Waals surface area contributed by atoms with Crippen LogP contribution in [0.15, 0.2) is 54.6 Å². The minimum Gasteiger partial charge on any atom is -0.376 e. The first-order valence-electron chi connectivity index (χ1n) is 7.31. The smallest absolute Gasteiger partial charge is 0.239 e.